The molecule has 0 radical (unpaired) electrons. The number of rotatable bonds is 6. The first-order valence-corrected chi connectivity index (χ1v) is 8.93. The maximum absolute atomic E-state index is 14.0. The van der Waals surface area contributed by atoms with Gasteiger partial charge in [0, 0.05) is 11.3 Å². The lowest BCUT2D eigenvalue weighted by molar-refractivity contribution is -0.144. The van der Waals surface area contributed by atoms with Crippen LogP contribution in [0.1, 0.15) is 23.7 Å². The Morgan fingerprint density at radius 1 is 1.20 bits per heavy atom. The second kappa shape index (κ2) is 8.16. The van der Waals surface area contributed by atoms with Crippen LogP contribution >= 0.6 is 11.8 Å². The summed E-state index contributed by atoms with van der Waals surface area (Å²) in [7, 11) is 0. The average Bonchev–Trinajstić information content (AvgIpc) is 3.05. The van der Waals surface area contributed by atoms with E-state index in [1.807, 2.05) is 30.3 Å². The third-order valence-electron chi connectivity index (χ3n) is 3.91. The molecule has 4 nitrogen and oxygen atoms in total. The van der Waals surface area contributed by atoms with E-state index in [-0.39, 0.29) is 24.4 Å². The van der Waals surface area contributed by atoms with E-state index >= 15 is 0 Å². The zero-order chi connectivity index (χ0) is 17.6. The predicted octanol–water partition coefficient (Wildman–Crippen LogP) is 3.48. The Balaban J connectivity index is 1.73. The van der Waals surface area contributed by atoms with Gasteiger partial charge in [0.05, 0.1) is 6.04 Å². The Bertz CT molecular complexity index is 753. The van der Waals surface area contributed by atoms with E-state index in [0.29, 0.717) is 17.7 Å². The van der Waals surface area contributed by atoms with E-state index in [9.17, 15) is 14.0 Å². The van der Waals surface area contributed by atoms with E-state index in [1.165, 1.54) is 6.07 Å². The summed E-state index contributed by atoms with van der Waals surface area (Å²) in [6, 6.07) is 15.3. The smallest absolute Gasteiger partial charge is 0.324 e. The molecule has 1 saturated heterocycles. The van der Waals surface area contributed by atoms with Gasteiger partial charge in [-0.25, -0.2) is 4.39 Å². The van der Waals surface area contributed by atoms with Crippen LogP contribution in [0.4, 0.5) is 4.39 Å². The predicted molar refractivity (Wildman–Crippen MR) is 93.6 cm³/mol. The normalized spacial score (nSPS) is 17.8. The molecule has 130 valence electrons. The summed E-state index contributed by atoms with van der Waals surface area (Å²) in [6.45, 7) is 0.131. The van der Waals surface area contributed by atoms with Crippen LogP contribution < -0.4 is 5.32 Å². The molecule has 25 heavy (non-hydrogen) atoms. The van der Waals surface area contributed by atoms with E-state index in [0.717, 1.165) is 17.3 Å². The first kappa shape index (κ1) is 17.5. The highest BCUT2D eigenvalue weighted by atomic mass is 32.2. The number of nitrogens with one attached hydrogen (secondary N) is 1. The van der Waals surface area contributed by atoms with Gasteiger partial charge in [0.25, 0.3) is 0 Å². The van der Waals surface area contributed by atoms with Crippen LogP contribution in [0.2, 0.25) is 0 Å². The van der Waals surface area contributed by atoms with Gasteiger partial charge in [-0.15, -0.1) is 11.8 Å². The zero-order valence-corrected chi connectivity index (χ0v) is 14.3. The molecule has 0 unspecified atom stereocenters. The van der Waals surface area contributed by atoms with Crippen molar-refractivity contribution in [3.63, 3.8) is 0 Å². The molecule has 0 aromatic heterocycles. The summed E-state index contributed by atoms with van der Waals surface area (Å²) in [4.78, 5) is 24.2. The molecule has 3 rings (SSSR count). The maximum atomic E-state index is 14.0. The molecule has 1 heterocycles. The van der Waals surface area contributed by atoms with Crippen molar-refractivity contribution >= 4 is 23.6 Å². The van der Waals surface area contributed by atoms with Crippen molar-refractivity contribution in [2.24, 2.45) is 0 Å². The molecule has 0 aliphatic carbocycles. The van der Waals surface area contributed by atoms with E-state index in [2.05, 4.69) is 5.32 Å². The molecule has 0 bridgehead atoms. The van der Waals surface area contributed by atoms with Gasteiger partial charge in [-0.05, 0) is 24.1 Å². The first-order chi connectivity index (χ1) is 12.1. The lowest BCUT2D eigenvalue weighted by atomic mass is 10.1. The van der Waals surface area contributed by atoms with Gasteiger partial charge in [0.15, 0.2) is 0 Å². The van der Waals surface area contributed by atoms with Crippen LogP contribution in [-0.4, -0.2) is 24.5 Å². The highest BCUT2D eigenvalue weighted by Crippen LogP contribution is 2.37. The lowest BCUT2D eigenvalue weighted by Crippen LogP contribution is -2.31. The lowest BCUT2D eigenvalue weighted by Gasteiger charge is -2.18. The number of ether oxygens (including phenoxy) is 1. The summed E-state index contributed by atoms with van der Waals surface area (Å²) in [5.41, 5.74) is 0.746. The van der Waals surface area contributed by atoms with Crippen molar-refractivity contribution < 1.29 is 18.7 Å². The third-order valence-corrected chi connectivity index (χ3v) is 5.19. The molecule has 6 heteroatoms. The van der Waals surface area contributed by atoms with Crippen molar-refractivity contribution in [2.45, 2.75) is 29.0 Å². The molecule has 1 N–H and O–H groups in total. The van der Waals surface area contributed by atoms with Crippen LogP contribution in [0.3, 0.4) is 0 Å². The number of esters is 1. The maximum Gasteiger partial charge on any atom is 0.324 e. The first-order valence-electron chi connectivity index (χ1n) is 8.05. The second-order valence-electron chi connectivity index (χ2n) is 5.77. The summed E-state index contributed by atoms with van der Waals surface area (Å²) in [6.07, 6.45) is 1.11. The molecular formula is C19H18FNO3S. The summed E-state index contributed by atoms with van der Waals surface area (Å²) in [5, 5.41) is 2.09. The van der Waals surface area contributed by atoms with Crippen molar-refractivity contribution in [1.82, 2.24) is 5.32 Å². The minimum atomic E-state index is -0.671. The minimum absolute atomic E-state index is 0.0265. The van der Waals surface area contributed by atoms with Crippen LogP contribution in [-0.2, 0) is 14.3 Å². The van der Waals surface area contributed by atoms with Crippen LogP contribution in [0.25, 0.3) is 0 Å². The topological polar surface area (TPSA) is 55.4 Å². The van der Waals surface area contributed by atoms with E-state index in [4.69, 9.17) is 4.74 Å². The molecule has 0 spiro atoms. The highest BCUT2D eigenvalue weighted by molar-refractivity contribution is 8.00. The van der Waals surface area contributed by atoms with Gasteiger partial charge >= 0.3 is 5.97 Å². The Morgan fingerprint density at radius 2 is 1.92 bits per heavy atom. The molecule has 1 aliphatic heterocycles. The number of halogens is 1. The molecule has 1 amide bonds. The van der Waals surface area contributed by atoms with Crippen LogP contribution in [0, 0.1) is 5.82 Å². The standard InChI is InChI=1S/C19H18FNO3S/c20-15-8-4-5-9-16(15)25-18(13-6-2-1-3-7-13)19(23)24-12-14-10-11-17(22)21-14/h1-9,14,18H,10-12H2,(H,21,22)/t14-,18-/m1/s1. The zero-order valence-electron chi connectivity index (χ0n) is 13.5. The molecule has 2 atom stereocenters. The van der Waals surface area contributed by atoms with Gasteiger partial charge in [-0.3, -0.25) is 9.59 Å². The van der Waals surface area contributed by atoms with Gasteiger partial charge in [-0.2, -0.15) is 0 Å². The Hall–Kier alpha value is -2.34. The fraction of sp³-hybridized carbons (Fsp3) is 0.263. The number of amides is 1. The highest BCUT2D eigenvalue weighted by Gasteiger charge is 2.27. The number of hydrogen-bond acceptors (Lipinski definition) is 4. The van der Waals surface area contributed by atoms with Gasteiger partial charge in [0.2, 0.25) is 5.91 Å². The van der Waals surface area contributed by atoms with Crippen molar-refractivity contribution in [2.75, 3.05) is 6.61 Å². The number of thioether (sulfide) groups is 1. The summed E-state index contributed by atoms with van der Waals surface area (Å²) < 4.78 is 19.4. The molecule has 1 fully saturated rings. The summed E-state index contributed by atoms with van der Waals surface area (Å²) in [5.74, 6) is -0.841. The third kappa shape index (κ3) is 4.60. The minimum Gasteiger partial charge on any atom is -0.462 e. The Labute approximate surface area is 149 Å². The number of carbonyl (C=O) groups is 2. The average molecular weight is 359 g/mol. The Morgan fingerprint density at radius 3 is 2.60 bits per heavy atom. The van der Waals surface area contributed by atoms with E-state index < -0.39 is 11.2 Å². The SMILES string of the molecule is O=C1CC[C@H](COC(=O)[C@H](Sc2ccccc2F)c2ccccc2)N1. The largest absolute Gasteiger partial charge is 0.462 e. The molecule has 1 aliphatic rings. The van der Waals surface area contributed by atoms with Crippen LogP contribution in [0.15, 0.2) is 59.5 Å². The number of carbonyl (C=O) groups excluding carboxylic acids is 2. The molecular weight excluding hydrogens is 341 g/mol. The monoisotopic (exact) mass is 359 g/mol. The summed E-state index contributed by atoms with van der Waals surface area (Å²) >= 11 is 1.12. The van der Waals surface area contributed by atoms with Crippen molar-refractivity contribution in [3.05, 3.63) is 66.0 Å². The van der Waals surface area contributed by atoms with E-state index in [1.54, 1.807) is 18.2 Å². The van der Waals surface area contributed by atoms with Gasteiger partial charge in [0.1, 0.15) is 17.7 Å². The quantitative estimate of drug-likeness (QED) is 0.634. The molecule has 2 aromatic carbocycles. The number of benzene rings is 2. The Kier molecular flexibility index (Phi) is 5.71. The second-order valence-corrected chi connectivity index (χ2v) is 6.92. The fourth-order valence-corrected chi connectivity index (χ4v) is 3.66. The van der Waals surface area contributed by atoms with Crippen molar-refractivity contribution in [1.29, 1.82) is 0 Å². The fourth-order valence-electron chi connectivity index (χ4n) is 2.61. The van der Waals surface area contributed by atoms with Gasteiger partial charge < -0.3 is 10.1 Å². The molecule has 0 saturated carbocycles. The van der Waals surface area contributed by atoms with Gasteiger partial charge in [-0.1, -0.05) is 42.5 Å². The molecule has 2 aromatic rings. The van der Waals surface area contributed by atoms with Crippen LogP contribution in [0.5, 0.6) is 0 Å². The number of hydrogen-bond donors (Lipinski definition) is 1. The van der Waals surface area contributed by atoms with Crippen molar-refractivity contribution in [3.8, 4) is 0 Å².